The van der Waals surface area contributed by atoms with E-state index in [1.54, 1.807) is 7.11 Å². The molecule has 4 heteroatoms. The van der Waals surface area contributed by atoms with Gasteiger partial charge in [0.1, 0.15) is 5.75 Å². The second-order valence-corrected chi connectivity index (χ2v) is 4.96. The molecule has 0 spiro atoms. The molecule has 4 nitrogen and oxygen atoms in total. The van der Waals surface area contributed by atoms with Crippen LogP contribution in [-0.4, -0.2) is 21.5 Å². The SMILES string of the molecule is CCn1nc(C)cc1Cn1ccc2cc(OC)ccc21. The van der Waals surface area contributed by atoms with Crippen molar-refractivity contribution in [2.24, 2.45) is 0 Å². The van der Waals surface area contributed by atoms with Crippen molar-refractivity contribution in [3.8, 4) is 5.75 Å². The van der Waals surface area contributed by atoms with Crippen LogP contribution in [0.25, 0.3) is 10.9 Å². The first kappa shape index (κ1) is 12.8. The van der Waals surface area contributed by atoms with Gasteiger partial charge in [-0.1, -0.05) is 0 Å². The molecule has 0 unspecified atom stereocenters. The summed E-state index contributed by atoms with van der Waals surface area (Å²) in [6, 6.07) is 10.4. The maximum atomic E-state index is 5.27. The number of aromatic nitrogens is 3. The van der Waals surface area contributed by atoms with Crippen molar-refractivity contribution in [2.45, 2.75) is 26.9 Å². The molecule has 0 atom stereocenters. The number of aryl methyl sites for hydroxylation is 2. The zero-order valence-electron chi connectivity index (χ0n) is 12.1. The van der Waals surface area contributed by atoms with Crippen LogP contribution in [-0.2, 0) is 13.1 Å². The van der Waals surface area contributed by atoms with Crippen LogP contribution in [0, 0.1) is 6.92 Å². The Morgan fingerprint density at radius 2 is 2.05 bits per heavy atom. The van der Waals surface area contributed by atoms with Crippen molar-refractivity contribution in [1.82, 2.24) is 14.3 Å². The molecule has 0 amide bonds. The molecule has 0 bridgehead atoms. The number of rotatable bonds is 4. The summed E-state index contributed by atoms with van der Waals surface area (Å²) in [5.41, 5.74) is 3.52. The van der Waals surface area contributed by atoms with E-state index < -0.39 is 0 Å². The normalized spacial score (nSPS) is 11.2. The maximum absolute atomic E-state index is 5.27. The molecule has 0 saturated heterocycles. The smallest absolute Gasteiger partial charge is 0.119 e. The second-order valence-electron chi connectivity index (χ2n) is 4.96. The Labute approximate surface area is 118 Å². The van der Waals surface area contributed by atoms with E-state index in [0.717, 1.165) is 24.5 Å². The molecule has 0 fully saturated rings. The van der Waals surface area contributed by atoms with Crippen LogP contribution >= 0.6 is 0 Å². The van der Waals surface area contributed by atoms with Gasteiger partial charge in [0.15, 0.2) is 0 Å². The highest BCUT2D eigenvalue weighted by Crippen LogP contribution is 2.22. The zero-order valence-corrected chi connectivity index (χ0v) is 12.1. The number of benzene rings is 1. The molecule has 0 aliphatic rings. The molecule has 1 aromatic carbocycles. The van der Waals surface area contributed by atoms with Crippen LogP contribution < -0.4 is 4.74 Å². The average Bonchev–Trinajstić information content (AvgIpc) is 3.02. The Balaban J connectivity index is 1.98. The standard InChI is InChI=1S/C16H19N3O/c1-4-19-14(9-12(2)17-19)11-18-8-7-13-10-15(20-3)5-6-16(13)18/h5-10H,4,11H2,1-3H3. The minimum absolute atomic E-state index is 0.838. The summed E-state index contributed by atoms with van der Waals surface area (Å²) in [6.07, 6.45) is 2.12. The van der Waals surface area contributed by atoms with Crippen LogP contribution in [0.1, 0.15) is 18.3 Å². The van der Waals surface area contributed by atoms with Crippen LogP contribution in [0.3, 0.4) is 0 Å². The molecule has 0 N–H and O–H groups in total. The van der Waals surface area contributed by atoms with Gasteiger partial charge in [-0.15, -0.1) is 0 Å². The van der Waals surface area contributed by atoms with E-state index in [4.69, 9.17) is 4.74 Å². The lowest BCUT2D eigenvalue weighted by Gasteiger charge is -2.08. The lowest BCUT2D eigenvalue weighted by molar-refractivity contribution is 0.415. The Morgan fingerprint density at radius 1 is 1.20 bits per heavy atom. The van der Waals surface area contributed by atoms with Gasteiger partial charge in [0.25, 0.3) is 0 Å². The first-order chi connectivity index (χ1) is 9.71. The molecule has 20 heavy (non-hydrogen) atoms. The number of hydrogen-bond donors (Lipinski definition) is 0. The van der Waals surface area contributed by atoms with Crippen LogP contribution in [0.4, 0.5) is 0 Å². The Morgan fingerprint density at radius 3 is 2.80 bits per heavy atom. The number of fused-ring (bicyclic) bond motifs is 1. The fourth-order valence-electron chi connectivity index (χ4n) is 2.62. The van der Waals surface area contributed by atoms with E-state index in [2.05, 4.69) is 51.7 Å². The molecule has 0 radical (unpaired) electrons. The van der Waals surface area contributed by atoms with Crippen LogP contribution in [0.15, 0.2) is 36.5 Å². The third kappa shape index (κ3) is 2.18. The fourth-order valence-corrected chi connectivity index (χ4v) is 2.62. The van der Waals surface area contributed by atoms with Gasteiger partial charge in [-0.2, -0.15) is 5.10 Å². The van der Waals surface area contributed by atoms with E-state index in [0.29, 0.717) is 0 Å². The monoisotopic (exact) mass is 269 g/mol. The summed E-state index contributed by atoms with van der Waals surface area (Å²) in [5.74, 6) is 0.893. The molecular formula is C16H19N3O. The van der Waals surface area contributed by atoms with Gasteiger partial charge >= 0.3 is 0 Å². The van der Waals surface area contributed by atoms with Crippen molar-refractivity contribution >= 4 is 10.9 Å². The Bertz CT molecular complexity index is 739. The summed E-state index contributed by atoms with van der Waals surface area (Å²) in [6.45, 7) is 5.89. The fraction of sp³-hybridized carbons (Fsp3) is 0.312. The first-order valence-electron chi connectivity index (χ1n) is 6.87. The summed E-state index contributed by atoms with van der Waals surface area (Å²) >= 11 is 0. The summed E-state index contributed by atoms with van der Waals surface area (Å²) in [5, 5.41) is 5.70. The van der Waals surface area contributed by atoms with E-state index in [1.165, 1.54) is 16.6 Å². The van der Waals surface area contributed by atoms with Gasteiger partial charge in [0.2, 0.25) is 0 Å². The van der Waals surface area contributed by atoms with Gasteiger partial charge in [0, 0.05) is 23.6 Å². The molecule has 2 heterocycles. The van der Waals surface area contributed by atoms with Gasteiger partial charge in [-0.05, 0) is 44.2 Å². The summed E-state index contributed by atoms with van der Waals surface area (Å²) in [7, 11) is 1.70. The summed E-state index contributed by atoms with van der Waals surface area (Å²) in [4.78, 5) is 0. The molecule has 2 aromatic heterocycles. The third-order valence-electron chi connectivity index (χ3n) is 3.60. The minimum atomic E-state index is 0.838. The van der Waals surface area contributed by atoms with Gasteiger partial charge in [-0.25, -0.2) is 0 Å². The Hall–Kier alpha value is -2.23. The van der Waals surface area contributed by atoms with E-state index >= 15 is 0 Å². The quantitative estimate of drug-likeness (QED) is 0.728. The number of hydrogen-bond acceptors (Lipinski definition) is 2. The molecular weight excluding hydrogens is 250 g/mol. The minimum Gasteiger partial charge on any atom is -0.497 e. The highest BCUT2D eigenvalue weighted by atomic mass is 16.5. The predicted octanol–water partition coefficient (Wildman–Crippen LogP) is 3.22. The van der Waals surface area contributed by atoms with E-state index in [-0.39, 0.29) is 0 Å². The topological polar surface area (TPSA) is 32.0 Å². The largest absolute Gasteiger partial charge is 0.497 e. The summed E-state index contributed by atoms with van der Waals surface area (Å²) < 4.78 is 9.57. The third-order valence-corrected chi connectivity index (χ3v) is 3.60. The number of ether oxygens (including phenoxy) is 1. The average molecular weight is 269 g/mol. The lowest BCUT2D eigenvalue weighted by Crippen LogP contribution is -2.07. The second kappa shape index (κ2) is 5.04. The zero-order chi connectivity index (χ0) is 14.1. The highest BCUT2D eigenvalue weighted by molar-refractivity contribution is 5.81. The van der Waals surface area contributed by atoms with Crippen molar-refractivity contribution in [2.75, 3.05) is 7.11 Å². The number of methoxy groups -OCH3 is 1. The molecule has 3 rings (SSSR count). The first-order valence-corrected chi connectivity index (χ1v) is 6.87. The lowest BCUT2D eigenvalue weighted by atomic mass is 10.2. The molecule has 3 aromatic rings. The van der Waals surface area contributed by atoms with Gasteiger partial charge in [-0.3, -0.25) is 4.68 Å². The van der Waals surface area contributed by atoms with Gasteiger partial charge < -0.3 is 9.30 Å². The molecule has 104 valence electrons. The van der Waals surface area contributed by atoms with E-state index in [1.807, 2.05) is 13.0 Å². The molecule has 0 saturated carbocycles. The molecule has 0 aliphatic carbocycles. The predicted molar refractivity (Wildman–Crippen MR) is 80.2 cm³/mol. The van der Waals surface area contributed by atoms with Gasteiger partial charge in [0.05, 0.1) is 25.0 Å². The van der Waals surface area contributed by atoms with Crippen molar-refractivity contribution < 1.29 is 4.74 Å². The molecule has 0 aliphatic heterocycles. The Kier molecular flexibility index (Phi) is 3.22. The van der Waals surface area contributed by atoms with Crippen molar-refractivity contribution in [3.63, 3.8) is 0 Å². The van der Waals surface area contributed by atoms with Crippen molar-refractivity contribution in [1.29, 1.82) is 0 Å². The van der Waals surface area contributed by atoms with Crippen LogP contribution in [0.5, 0.6) is 5.75 Å². The van der Waals surface area contributed by atoms with Crippen molar-refractivity contribution in [3.05, 3.63) is 47.9 Å². The van der Waals surface area contributed by atoms with Crippen LogP contribution in [0.2, 0.25) is 0 Å². The maximum Gasteiger partial charge on any atom is 0.119 e. The number of nitrogens with zero attached hydrogens (tertiary/aromatic N) is 3. The highest BCUT2D eigenvalue weighted by Gasteiger charge is 2.07. The van der Waals surface area contributed by atoms with E-state index in [9.17, 15) is 0 Å².